The van der Waals surface area contributed by atoms with E-state index in [2.05, 4.69) is 20.0 Å². The van der Waals surface area contributed by atoms with Crippen molar-refractivity contribution in [2.75, 3.05) is 4.72 Å². The Labute approximate surface area is 195 Å². The van der Waals surface area contributed by atoms with Gasteiger partial charge in [-0.25, -0.2) is 13.1 Å². The van der Waals surface area contributed by atoms with Gasteiger partial charge in [0.25, 0.3) is 15.7 Å². The van der Waals surface area contributed by atoms with Crippen molar-refractivity contribution in [1.29, 1.82) is 0 Å². The van der Waals surface area contributed by atoms with Crippen LogP contribution >= 0.6 is 0 Å². The second kappa shape index (κ2) is 8.90. The fourth-order valence-corrected chi connectivity index (χ4v) is 4.16. The lowest BCUT2D eigenvalue weighted by Gasteiger charge is -2.09. The topological polar surface area (TPSA) is 142 Å². The van der Waals surface area contributed by atoms with E-state index in [1.165, 1.54) is 24.3 Å². The molecule has 0 atom stereocenters. The fourth-order valence-electron chi connectivity index (χ4n) is 3.10. The molecule has 0 fully saturated rings. The summed E-state index contributed by atoms with van der Waals surface area (Å²) in [6.45, 7) is 5.88. The molecule has 4 rings (SSSR count). The number of aryl methyl sites for hydroxylation is 1. The van der Waals surface area contributed by atoms with E-state index in [1.807, 2.05) is 20.8 Å². The summed E-state index contributed by atoms with van der Waals surface area (Å²) >= 11 is 0. The Bertz CT molecular complexity index is 1450. The first kappa shape index (κ1) is 22.9. The van der Waals surface area contributed by atoms with Crippen molar-refractivity contribution in [3.63, 3.8) is 0 Å². The van der Waals surface area contributed by atoms with Crippen molar-refractivity contribution in [2.45, 2.75) is 25.7 Å². The lowest BCUT2D eigenvalue weighted by atomic mass is 10.2. The molecule has 0 aliphatic carbocycles. The minimum absolute atomic E-state index is 0.0911. The van der Waals surface area contributed by atoms with Crippen molar-refractivity contribution >= 4 is 21.4 Å². The van der Waals surface area contributed by atoms with E-state index in [4.69, 9.17) is 4.74 Å². The minimum Gasteiger partial charge on any atom is -0.438 e. The van der Waals surface area contributed by atoms with Crippen LogP contribution in [0.25, 0.3) is 5.82 Å². The van der Waals surface area contributed by atoms with E-state index < -0.39 is 14.9 Å². The van der Waals surface area contributed by atoms with Crippen LogP contribution in [-0.2, 0) is 10.0 Å². The van der Waals surface area contributed by atoms with E-state index >= 15 is 0 Å². The number of sulfonamides is 1. The third-order valence-corrected chi connectivity index (χ3v) is 6.58. The lowest BCUT2D eigenvalue weighted by Crippen LogP contribution is -2.12. The van der Waals surface area contributed by atoms with Gasteiger partial charge >= 0.3 is 0 Å². The van der Waals surface area contributed by atoms with Crippen molar-refractivity contribution in [1.82, 2.24) is 20.0 Å². The number of nitrogens with zero attached hydrogens (tertiary/aromatic N) is 5. The molecule has 0 aliphatic rings. The Morgan fingerprint density at radius 1 is 0.941 bits per heavy atom. The maximum Gasteiger partial charge on any atom is 0.269 e. The molecular weight excluding hydrogens is 460 g/mol. The summed E-state index contributed by atoms with van der Waals surface area (Å²) < 4.78 is 34.9. The van der Waals surface area contributed by atoms with Crippen LogP contribution in [-0.4, -0.2) is 33.3 Å². The smallest absolute Gasteiger partial charge is 0.269 e. The first-order valence-electron chi connectivity index (χ1n) is 10.1. The van der Waals surface area contributed by atoms with Crippen molar-refractivity contribution in [3.05, 3.63) is 87.7 Å². The summed E-state index contributed by atoms with van der Waals surface area (Å²) in [5, 5.41) is 23.4. The highest BCUT2D eigenvalue weighted by atomic mass is 32.2. The number of hydrogen-bond acceptors (Lipinski definition) is 8. The average molecular weight is 481 g/mol. The fraction of sp³-hybridized carbons (Fsp3) is 0.136. The Morgan fingerprint density at radius 2 is 1.62 bits per heavy atom. The van der Waals surface area contributed by atoms with Gasteiger partial charge in [-0.05, 0) is 68.8 Å². The Morgan fingerprint density at radius 3 is 2.15 bits per heavy atom. The normalized spacial score (nSPS) is 11.3. The van der Waals surface area contributed by atoms with E-state index in [1.54, 1.807) is 28.9 Å². The van der Waals surface area contributed by atoms with Crippen LogP contribution in [0, 0.1) is 30.9 Å². The molecule has 0 saturated heterocycles. The van der Waals surface area contributed by atoms with Crippen LogP contribution in [0.15, 0.2) is 65.6 Å². The summed E-state index contributed by atoms with van der Waals surface area (Å²) in [5.41, 5.74) is 3.09. The van der Waals surface area contributed by atoms with Gasteiger partial charge in [0, 0.05) is 29.6 Å². The molecule has 0 unspecified atom stereocenters. The third kappa shape index (κ3) is 4.71. The zero-order valence-electron chi connectivity index (χ0n) is 18.5. The van der Waals surface area contributed by atoms with E-state index in [0.717, 1.165) is 29.1 Å². The Balaban J connectivity index is 1.43. The first-order valence-corrected chi connectivity index (χ1v) is 11.5. The summed E-state index contributed by atoms with van der Waals surface area (Å²) in [4.78, 5) is 10.1. The van der Waals surface area contributed by atoms with Gasteiger partial charge in [-0.1, -0.05) is 0 Å². The molecule has 11 nitrogen and oxygen atoms in total. The molecule has 34 heavy (non-hydrogen) atoms. The molecule has 2 aromatic carbocycles. The van der Waals surface area contributed by atoms with Crippen LogP contribution < -0.4 is 9.46 Å². The maximum absolute atomic E-state index is 12.5. The summed E-state index contributed by atoms with van der Waals surface area (Å²) in [6.07, 6.45) is 0. The molecule has 0 bridgehead atoms. The van der Waals surface area contributed by atoms with Crippen molar-refractivity contribution < 1.29 is 18.1 Å². The first-order chi connectivity index (χ1) is 16.1. The second-order valence-corrected chi connectivity index (χ2v) is 9.10. The molecule has 2 heterocycles. The number of hydrogen-bond donors (Lipinski definition) is 1. The lowest BCUT2D eigenvalue weighted by molar-refractivity contribution is -0.384. The van der Waals surface area contributed by atoms with Crippen molar-refractivity contribution in [3.8, 4) is 17.4 Å². The van der Waals surface area contributed by atoms with Crippen LogP contribution in [0.4, 0.5) is 11.4 Å². The number of aromatic nitrogens is 4. The van der Waals surface area contributed by atoms with Gasteiger partial charge in [0.05, 0.1) is 15.5 Å². The summed E-state index contributed by atoms with van der Waals surface area (Å²) in [5.74, 6) is 1.26. The van der Waals surface area contributed by atoms with E-state index in [9.17, 15) is 18.5 Å². The van der Waals surface area contributed by atoms with Crippen LogP contribution in [0.1, 0.15) is 17.0 Å². The highest BCUT2D eigenvalue weighted by Crippen LogP contribution is 2.24. The third-order valence-electron chi connectivity index (χ3n) is 5.18. The second-order valence-electron chi connectivity index (χ2n) is 7.42. The van der Waals surface area contributed by atoms with Crippen LogP contribution in [0.2, 0.25) is 0 Å². The summed E-state index contributed by atoms with van der Waals surface area (Å²) in [7, 11) is -3.91. The average Bonchev–Trinajstić information content (AvgIpc) is 3.08. The van der Waals surface area contributed by atoms with Gasteiger partial charge < -0.3 is 4.74 Å². The molecular formula is C22H20N6O5S. The molecule has 0 radical (unpaired) electrons. The standard InChI is InChI=1S/C22H20N6O5S/c1-14-15(2)25-27(16(14)3)21-12-13-22(24-23-21)33-19-8-4-17(5-9-19)26-34(31,32)20-10-6-18(7-11-20)28(29)30/h4-13,26H,1-3H3. The predicted octanol–water partition coefficient (Wildman–Crippen LogP) is 4.09. The van der Waals surface area contributed by atoms with Crippen LogP contribution in [0.5, 0.6) is 11.6 Å². The van der Waals surface area contributed by atoms with Gasteiger partial charge in [-0.15, -0.1) is 10.2 Å². The van der Waals surface area contributed by atoms with Gasteiger partial charge in [0.1, 0.15) is 5.75 Å². The van der Waals surface area contributed by atoms with Gasteiger partial charge in [0.15, 0.2) is 5.82 Å². The van der Waals surface area contributed by atoms with Gasteiger partial charge in [-0.3, -0.25) is 14.8 Å². The van der Waals surface area contributed by atoms with Crippen LogP contribution in [0.3, 0.4) is 0 Å². The largest absolute Gasteiger partial charge is 0.438 e. The Kier molecular flexibility index (Phi) is 5.99. The monoisotopic (exact) mass is 480 g/mol. The number of benzene rings is 2. The molecule has 0 aliphatic heterocycles. The summed E-state index contributed by atoms with van der Waals surface area (Å²) in [6, 6.07) is 14.2. The molecule has 174 valence electrons. The highest BCUT2D eigenvalue weighted by Gasteiger charge is 2.16. The molecule has 2 aromatic heterocycles. The molecule has 4 aromatic rings. The van der Waals surface area contributed by atoms with Gasteiger partial charge in [0.2, 0.25) is 5.88 Å². The quantitative estimate of drug-likeness (QED) is 0.308. The number of anilines is 1. The number of nitro groups is 1. The van der Waals surface area contributed by atoms with Gasteiger partial charge in [-0.2, -0.15) is 5.10 Å². The molecule has 12 heteroatoms. The zero-order chi connectivity index (χ0) is 24.5. The predicted molar refractivity (Wildman–Crippen MR) is 124 cm³/mol. The number of rotatable bonds is 7. The SMILES string of the molecule is Cc1nn(-c2ccc(Oc3ccc(NS(=O)(=O)c4ccc([N+](=O)[O-])cc4)cc3)nn2)c(C)c1C. The maximum atomic E-state index is 12.5. The Hall–Kier alpha value is -4.32. The van der Waals surface area contributed by atoms with Crippen molar-refractivity contribution in [2.24, 2.45) is 0 Å². The van der Waals surface area contributed by atoms with E-state index in [0.29, 0.717) is 17.3 Å². The number of ether oxygens (including phenoxy) is 1. The highest BCUT2D eigenvalue weighted by molar-refractivity contribution is 7.92. The molecule has 0 saturated carbocycles. The number of nitrogens with one attached hydrogen (secondary N) is 1. The minimum atomic E-state index is -3.91. The molecule has 0 amide bonds. The number of non-ortho nitro benzene ring substituents is 1. The molecule has 1 N–H and O–H groups in total. The van der Waals surface area contributed by atoms with E-state index in [-0.39, 0.29) is 16.5 Å². The zero-order valence-corrected chi connectivity index (χ0v) is 19.3. The molecule has 0 spiro atoms. The number of nitro benzene ring substituents is 1.